The van der Waals surface area contributed by atoms with Gasteiger partial charge in [-0.25, -0.2) is 0 Å². The van der Waals surface area contributed by atoms with Crippen molar-refractivity contribution in [2.24, 2.45) is 0 Å². The van der Waals surface area contributed by atoms with E-state index in [2.05, 4.69) is 6.58 Å². The number of hydrogen-bond donors (Lipinski definition) is 0. The van der Waals surface area contributed by atoms with Crippen LogP contribution in [0.25, 0.3) is 0 Å². The molecular formula is C15H33F5S. The molecule has 0 aromatic heterocycles. The van der Waals surface area contributed by atoms with Gasteiger partial charge in [-0.2, -0.15) is 0 Å². The Morgan fingerprint density at radius 3 is 1.10 bits per heavy atom. The third-order valence-electron chi connectivity index (χ3n) is 1.34. The minimum absolute atomic E-state index is 0.363. The molecule has 0 unspecified atom stereocenters. The van der Waals surface area contributed by atoms with Crippen LogP contribution < -0.4 is 0 Å². The van der Waals surface area contributed by atoms with E-state index in [4.69, 9.17) is 0 Å². The fraction of sp³-hybridized carbons (Fsp3) is 0.600. The molecular weight excluding hydrogens is 307 g/mol. The van der Waals surface area contributed by atoms with Crippen molar-refractivity contribution in [2.75, 3.05) is 0 Å². The lowest BCUT2D eigenvalue weighted by Gasteiger charge is -2.41. The molecule has 0 saturated heterocycles. The molecule has 6 heteroatoms. The van der Waals surface area contributed by atoms with Gasteiger partial charge < -0.3 is 0 Å². The minimum atomic E-state index is -9.28. The van der Waals surface area contributed by atoms with Gasteiger partial charge in [-0.1, -0.05) is 91.9 Å². The maximum absolute atomic E-state index is 11.5. The molecule has 0 heterocycles. The molecule has 134 valence electrons. The van der Waals surface area contributed by atoms with E-state index >= 15 is 0 Å². The molecule has 0 nitrogen and oxygen atoms in total. The third kappa shape index (κ3) is 32.6. The first-order chi connectivity index (χ1) is 9.38. The third-order valence-corrected chi connectivity index (χ3v) is 2.80. The Balaban J connectivity index is -0.0000000654. The van der Waals surface area contributed by atoms with Crippen molar-refractivity contribution in [1.82, 2.24) is 0 Å². The SMILES string of the molecule is C/C=C(\C)S(F)(F)(F)(F)F.C=C/C=C\C.CC.CC.CC. The van der Waals surface area contributed by atoms with Crippen LogP contribution in [0.15, 0.2) is 35.8 Å². The van der Waals surface area contributed by atoms with Gasteiger partial charge in [0.05, 0.1) is 4.91 Å². The number of rotatable bonds is 2. The maximum Gasteiger partial charge on any atom is 0.306 e. The van der Waals surface area contributed by atoms with Gasteiger partial charge in [0.25, 0.3) is 0 Å². The van der Waals surface area contributed by atoms with E-state index in [-0.39, 0.29) is 0 Å². The van der Waals surface area contributed by atoms with Gasteiger partial charge in [-0.15, -0.1) is 0 Å². The van der Waals surface area contributed by atoms with Crippen molar-refractivity contribution in [3.8, 4) is 0 Å². The molecule has 0 aromatic rings. The molecule has 0 bridgehead atoms. The Morgan fingerprint density at radius 1 is 0.810 bits per heavy atom. The van der Waals surface area contributed by atoms with Crippen molar-refractivity contribution >= 4 is 10.2 Å². The molecule has 0 amide bonds. The highest BCUT2D eigenvalue weighted by atomic mass is 32.5. The van der Waals surface area contributed by atoms with Crippen LogP contribution in [0.1, 0.15) is 62.3 Å². The van der Waals surface area contributed by atoms with E-state index < -0.39 is 15.1 Å². The molecule has 0 rings (SSSR count). The zero-order valence-corrected chi connectivity index (χ0v) is 15.6. The first kappa shape index (κ1) is 32.2. The first-order valence-electron chi connectivity index (χ1n) is 6.99. The van der Waals surface area contributed by atoms with E-state index in [0.29, 0.717) is 13.0 Å². The fourth-order valence-electron chi connectivity index (χ4n) is 0.359. The Hall–Kier alpha value is -0.780. The highest BCUT2D eigenvalue weighted by molar-refractivity contribution is 8.48. The van der Waals surface area contributed by atoms with Crippen LogP contribution in [0, 0.1) is 0 Å². The number of halogens is 5. The molecule has 0 fully saturated rings. The Morgan fingerprint density at radius 2 is 1.10 bits per heavy atom. The summed E-state index contributed by atoms with van der Waals surface area (Å²) in [4.78, 5) is -1.79. The van der Waals surface area contributed by atoms with Crippen LogP contribution in [0.5, 0.6) is 0 Å². The van der Waals surface area contributed by atoms with E-state index in [1.807, 2.05) is 60.6 Å². The molecule has 0 N–H and O–H groups in total. The van der Waals surface area contributed by atoms with E-state index in [9.17, 15) is 19.4 Å². The van der Waals surface area contributed by atoms with Crippen molar-refractivity contribution in [1.29, 1.82) is 0 Å². The van der Waals surface area contributed by atoms with Crippen LogP contribution >= 0.6 is 10.2 Å². The van der Waals surface area contributed by atoms with Gasteiger partial charge in [-0.05, 0) is 20.8 Å². The maximum atomic E-state index is 11.5. The van der Waals surface area contributed by atoms with Crippen molar-refractivity contribution in [2.45, 2.75) is 62.3 Å². The van der Waals surface area contributed by atoms with Crippen molar-refractivity contribution in [3.63, 3.8) is 0 Å². The predicted molar refractivity (Wildman–Crippen MR) is 91.6 cm³/mol. The lowest BCUT2D eigenvalue weighted by Crippen LogP contribution is -2.05. The van der Waals surface area contributed by atoms with Gasteiger partial charge in [-0.3, -0.25) is 0 Å². The normalized spacial score (nSPS) is 13.3. The zero-order valence-electron chi connectivity index (χ0n) is 14.8. The Kier molecular flexibility index (Phi) is 21.8. The quantitative estimate of drug-likeness (QED) is 0.347. The van der Waals surface area contributed by atoms with Crippen LogP contribution in [0.3, 0.4) is 0 Å². The van der Waals surface area contributed by atoms with E-state index in [0.717, 1.165) is 6.92 Å². The van der Waals surface area contributed by atoms with Crippen molar-refractivity contribution < 1.29 is 19.4 Å². The second-order valence-corrected chi connectivity index (χ2v) is 5.21. The average Bonchev–Trinajstić information content (AvgIpc) is 2.43. The zero-order chi connectivity index (χ0) is 18.8. The summed E-state index contributed by atoms with van der Waals surface area (Å²) in [7, 11) is -9.28. The topological polar surface area (TPSA) is 0 Å². The largest absolute Gasteiger partial charge is 0.306 e. The molecule has 21 heavy (non-hydrogen) atoms. The van der Waals surface area contributed by atoms with E-state index in [1.54, 1.807) is 6.08 Å². The van der Waals surface area contributed by atoms with Crippen molar-refractivity contribution in [3.05, 3.63) is 35.8 Å². The molecule has 0 aliphatic carbocycles. The summed E-state index contributed by atoms with van der Waals surface area (Å²) >= 11 is 0. The summed E-state index contributed by atoms with van der Waals surface area (Å²) in [6.07, 6.45) is 5.94. The van der Waals surface area contributed by atoms with E-state index in [1.165, 1.54) is 0 Å². The van der Waals surface area contributed by atoms with Gasteiger partial charge in [0, 0.05) is 0 Å². The number of allylic oxidation sites excluding steroid dienone is 5. The average molecular weight is 340 g/mol. The molecule has 0 aliphatic heterocycles. The Labute approximate surface area is 128 Å². The first-order valence-corrected chi connectivity index (χ1v) is 8.95. The second kappa shape index (κ2) is 14.2. The molecule has 0 spiro atoms. The summed E-state index contributed by atoms with van der Waals surface area (Å²) in [5, 5.41) is 0. The summed E-state index contributed by atoms with van der Waals surface area (Å²) in [6.45, 7) is 18.7. The van der Waals surface area contributed by atoms with Gasteiger partial charge >= 0.3 is 10.2 Å². The van der Waals surface area contributed by atoms with Gasteiger partial charge in [0.1, 0.15) is 0 Å². The van der Waals surface area contributed by atoms with Crippen LogP contribution in [-0.4, -0.2) is 0 Å². The lowest BCUT2D eigenvalue weighted by molar-refractivity contribution is 0.378. The van der Waals surface area contributed by atoms with Crippen LogP contribution in [0.4, 0.5) is 19.4 Å². The Bertz CT molecular complexity index is 272. The fourth-order valence-corrected chi connectivity index (χ4v) is 0.804. The predicted octanol–water partition coefficient (Wildman–Crippen LogP) is 9.04. The second-order valence-electron chi connectivity index (χ2n) is 2.63. The lowest BCUT2D eigenvalue weighted by atomic mass is 10.5. The highest BCUT2D eigenvalue weighted by Crippen LogP contribution is 3.01. The molecule has 0 aliphatic rings. The summed E-state index contributed by atoms with van der Waals surface area (Å²) < 4.78 is 57.7. The highest BCUT2D eigenvalue weighted by Gasteiger charge is 2.64. The standard InChI is InChI=1S/C5H8.C4H7F5S.3C2H6/c1-3-5-4-2;1-3-4(2)10(5,6,7,8)9;3*1-2/h3-5H,1H2,2H3;3H,1-2H3;3*1-2H3/b5-4-;4-3+;;;. The number of hydrogen-bond acceptors (Lipinski definition) is 0. The summed E-state index contributed by atoms with van der Waals surface area (Å²) in [5.41, 5.74) is 0. The molecule has 0 aromatic carbocycles. The van der Waals surface area contributed by atoms with Crippen LogP contribution in [0.2, 0.25) is 0 Å². The summed E-state index contributed by atoms with van der Waals surface area (Å²) in [6, 6.07) is 0. The van der Waals surface area contributed by atoms with Gasteiger partial charge in [0.15, 0.2) is 0 Å². The minimum Gasteiger partial charge on any atom is -0.0991 e. The summed E-state index contributed by atoms with van der Waals surface area (Å²) in [5.74, 6) is 0. The monoisotopic (exact) mass is 340 g/mol. The molecule has 0 saturated carbocycles. The molecule has 0 atom stereocenters. The molecule has 0 radical (unpaired) electrons. The smallest absolute Gasteiger partial charge is 0.0991 e. The van der Waals surface area contributed by atoms with Crippen LogP contribution in [-0.2, 0) is 0 Å². The van der Waals surface area contributed by atoms with Gasteiger partial charge in [0.2, 0.25) is 0 Å².